The van der Waals surface area contributed by atoms with Gasteiger partial charge in [0.05, 0.1) is 10.6 Å². The first-order valence-corrected chi connectivity index (χ1v) is 7.58. The number of rotatable bonds is 3. The number of halogens is 4. The van der Waals surface area contributed by atoms with Crippen molar-refractivity contribution in [2.45, 2.75) is 12.3 Å². The molecular weight excluding hydrogens is 375 g/mol. The number of hydrogen-bond donors (Lipinski definition) is 2. The minimum absolute atomic E-state index is 0.0586. The van der Waals surface area contributed by atoms with Crippen LogP contribution in [0.2, 0.25) is 5.02 Å². The monoisotopic (exact) mass is 385 g/mol. The molecule has 5 nitrogen and oxygen atoms in total. The molecule has 0 saturated heterocycles. The Balaban J connectivity index is 2.00. The first kappa shape index (κ1) is 17.9. The fraction of sp³-hybridized carbons (Fsp3) is 0.118. The van der Waals surface area contributed by atoms with E-state index < -0.39 is 23.8 Å². The van der Waals surface area contributed by atoms with Crippen molar-refractivity contribution in [3.05, 3.63) is 52.6 Å². The van der Waals surface area contributed by atoms with E-state index in [0.717, 1.165) is 6.08 Å². The van der Waals surface area contributed by atoms with Crippen LogP contribution in [0.25, 0.3) is 6.08 Å². The Hall–Kier alpha value is -2.87. The second-order valence-electron chi connectivity index (χ2n) is 5.44. The molecule has 0 aromatic heterocycles. The van der Waals surface area contributed by atoms with E-state index in [9.17, 15) is 18.0 Å². The molecule has 0 radical (unpaired) electrons. The molecule has 0 saturated carbocycles. The van der Waals surface area contributed by atoms with Gasteiger partial charge in [0.2, 0.25) is 6.10 Å². The number of fused-ring (bicyclic) bond motifs is 1. The van der Waals surface area contributed by atoms with Crippen LogP contribution in [0.5, 0.6) is 17.2 Å². The van der Waals surface area contributed by atoms with E-state index in [-0.39, 0.29) is 22.1 Å². The molecule has 1 heterocycles. The number of benzene rings is 2. The minimum atomic E-state index is -4.89. The number of aliphatic carboxylic acids is 1. The molecule has 0 fully saturated rings. The van der Waals surface area contributed by atoms with E-state index in [4.69, 9.17) is 31.9 Å². The largest absolute Gasteiger partial charge is 0.478 e. The van der Waals surface area contributed by atoms with Gasteiger partial charge in [0.15, 0.2) is 0 Å². The maximum absolute atomic E-state index is 13.1. The summed E-state index contributed by atoms with van der Waals surface area (Å²) in [5, 5.41) is 9.10. The molecule has 3 rings (SSSR count). The van der Waals surface area contributed by atoms with Gasteiger partial charge >= 0.3 is 12.1 Å². The van der Waals surface area contributed by atoms with Gasteiger partial charge in [0.25, 0.3) is 0 Å². The van der Waals surface area contributed by atoms with Crippen LogP contribution in [0.4, 0.5) is 18.9 Å². The highest BCUT2D eigenvalue weighted by Crippen LogP contribution is 2.42. The maximum Gasteiger partial charge on any atom is 0.430 e. The van der Waals surface area contributed by atoms with Crippen molar-refractivity contribution in [2.24, 2.45) is 0 Å². The van der Waals surface area contributed by atoms with Crippen molar-refractivity contribution in [3.8, 4) is 17.2 Å². The molecular formula is C17H11ClF3NO4. The summed E-state index contributed by atoms with van der Waals surface area (Å²) in [6, 6.07) is 8.75. The lowest BCUT2D eigenvalue weighted by Crippen LogP contribution is -2.40. The zero-order valence-corrected chi connectivity index (χ0v) is 13.6. The molecule has 1 atom stereocenters. The standard InChI is InChI=1S/C17H11ClF3NO4/c18-12-6-8-5-11(16(23)24)15(17(19,20)21)26-13(8)7-14(12)25-10-3-1-9(22)2-4-10/h1-7,15H,22H2,(H,23,24). The number of nitrogen functional groups attached to an aromatic ring is 1. The zero-order valence-electron chi connectivity index (χ0n) is 12.9. The van der Waals surface area contributed by atoms with Crippen molar-refractivity contribution in [2.75, 3.05) is 5.73 Å². The fourth-order valence-electron chi connectivity index (χ4n) is 2.36. The summed E-state index contributed by atoms with van der Waals surface area (Å²) in [6.07, 6.45) is -6.59. The Bertz CT molecular complexity index is 894. The predicted molar refractivity (Wildman–Crippen MR) is 88.5 cm³/mol. The Morgan fingerprint density at radius 3 is 2.46 bits per heavy atom. The highest BCUT2D eigenvalue weighted by Gasteiger charge is 2.48. The quantitative estimate of drug-likeness (QED) is 0.760. The predicted octanol–water partition coefficient (Wildman–Crippen LogP) is 4.51. The molecule has 2 aromatic carbocycles. The summed E-state index contributed by atoms with van der Waals surface area (Å²) >= 11 is 6.09. The van der Waals surface area contributed by atoms with E-state index >= 15 is 0 Å². The van der Waals surface area contributed by atoms with Crippen LogP contribution in [0.3, 0.4) is 0 Å². The molecule has 26 heavy (non-hydrogen) atoms. The van der Waals surface area contributed by atoms with Gasteiger partial charge in [-0.15, -0.1) is 0 Å². The number of carbonyl (C=O) groups is 1. The normalized spacial score (nSPS) is 16.3. The maximum atomic E-state index is 13.1. The zero-order chi connectivity index (χ0) is 19.1. The number of carboxylic acid groups (broad SMARTS) is 1. The van der Waals surface area contributed by atoms with E-state index in [0.29, 0.717) is 11.4 Å². The van der Waals surface area contributed by atoms with Gasteiger partial charge in [-0.2, -0.15) is 13.2 Å². The summed E-state index contributed by atoms with van der Waals surface area (Å²) in [5.41, 5.74) is 5.27. The highest BCUT2D eigenvalue weighted by atomic mass is 35.5. The summed E-state index contributed by atoms with van der Waals surface area (Å²) in [6.45, 7) is 0. The van der Waals surface area contributed by atoms with Crippen molar-refractivity contribution in [1.82, 2.24) is 0 Å². The molecule has 2 aromatic rings. The molecule has 0 bridgehead atoms. The molecule has 3 N–H and O–H groups in total. The van der Waals surface area contributed by atoms with Gasteiger partial charge < -0.3 is 20.3 Å². The lowest BCUT2D eigenvalue weighted by Gasteiger charge is -2.27. The molecule has 1 unspecified atom stereocenters. The van der Waals surface area contributed by atoms with Crippen LogP contribution in [0.1, 0.15) is 5.56 Å². The molecule has 1 aliphatic rings. The van der Waals surface area contributed by atoms with Gasteiger partial charge in [0.1, 0.15) is 17.2 Å². The van der Waals surface area contributed by atoms with Gasteiger partial charge in [-0.25, -0.2) is 4.79 Å². The molecule has 9 heteroatoms. The number of nitrogens with two attached hydrogens (primary N) is 1. The van der Waals surface area contributed by atoms with Crippen molar-refractivity contribution in [3.63, 3.8) is 0 Å². The molecule has 1 aliphatic heterocycles. The van der Waals surface area contributed by atoms with Crippen LogP contribution < -0.4 is 15.2 Å². The first-order chi connectivity index (χ1) is 12.1. The Labute approximate surface area is 150 Å². The molecule has 0 amide bonds. The SMILES string of the molecule is Nc1ccc(Oc2cc3c(cc2Cl)C=C(C(=O)O)C(C(F)(F)F)O3)cc1. The smallest absolute Gasteiger partial charge is 0.430 e. The van der Waals surface area contributed by atoms with Gasteiger partial charge in [-0.3, -0.25) is 0 Å². The average molecular weight is 386 g/mol. The third-order valence-electron chi connectivity index (χ3n) is 3.55. The molecule has 136 valence electrons. The fourth-order valence-corrected chi connectivity index (χ4v) is 2.57. The summed E-state index contributed by atoms with van der Waals surface area (Å²) in [7, 11) is 0. The lowest BCUT2D eigenvalue weighted by atomic mass is 10.0. The minimum Gasteiger partial charge on any atom is -0.478 e. The van der Waals surface area contributed by atoms with E-state index in [1.165, 1.54) is 12.1 Å². The number of alkyl halides is 3. The summed E-state index contributed by atoms with van der Waals surface area (Å²) < 4.78 is 49.8. The van der Waals surface area contributed by atoms with Gasteiger partial charge in [0, 0.05) is 17.3 Å². The number of hydrogen-bond acceptors (Lipinski definition) is 4. The van der Waals surface area contributed by atoms with Crippen molar-refractivity contribution < 1.29 is 32.5 Å². The number of ether oxygens (including phenoxy) is 2. The van der Waals surface area contributed by atoms with Crippen LogP contribution in [0, 0.1) is 0 Å². The summed E-state index contributed by atoms with van der Waals surface area (Å²) in [5.74, 6) is -1.49. The Morgan fingerprint density at radius 1 is 1.23 bits per heavy atom. The van der Waals surface area contributed by atoms with Crippen LogP contribution in [-0.4, -0.2) is 23.4 Å². The first-order valence-electron chi connectivity index (χ1n) is 7.20. The van der Waals surface area contributed by atoms with Crippen LogP contribution >= 0.6 is 11.6 Å². The molecule has 0 spiro atoms. The van der Waals surface area contributed by atoms with Crippen molar-refractivity contribution >= 4 is 29.3 Å². The van der Waals surface area contributed by atoms with Gasteiger partial charge in [-0.05, 0) is 36.4 Å². The molecule has 0 aliphatic carbocycles. The van der Waals surface area contributed by atoms with E-state index in [2.05, 4.69) is 0 Å². The van der Waals surface area contributed by atoms with Gasteiger partial charge in [-0.1, -0.05) is 11.6 Å². The average Bonchev–Trinajstić information content (AvgIpc) is 2.55. The van der Waals surface area contributed by atoms with Crippen LogP contribution in [0.15, 0.2) is 42.0 Å². The van der Waals surface area contributed by atoms with Crippen molar-refractivity contribution in [1.29, 1.82) is 0 Å². The van der Waals surface area contributed by atoms with E-state index in [1.54, 1.807) is 24.3 Å². The lowest BCUT2D eigenvalue weighted by molar-refractivity contribution is -0.187. The number of carboxylic acids is 1. The third-order valence-corrected chi connectivity index (χ3v) is 3.85. The Kier molecular flexibility index (Phi) is 4.45. The summed E-state index contributed by atoms with van der Waals surface area (Å²) in [4.78, 5) is 11.1. The Morgan fingerprint density at radius 2 is 1.88 bits per heavy atom. The third kappa shape index (κ3) is 3.55. The van der Waals surface area contributed by atoms with E-state index in [1.807, 2.05) is 0 Å². The second-order valence-corrected chi connectivity index (χ2v) is 5.84. The topological polar surface area (TPSA) is 81.8 Å². The number of anilines is 1. The second kappa shape index (κ2) is 6.45. The van der Waals surface area contributed by atoms with Crippen LogP contribution in [-0.2, 0) is 4.79 Å². The highest BCUT2D eigenvalue weighted by molar-refractivity contribution is 6.32.